The molecule has 0 saturated carbocycles. The number of hydrogen-bond acceptors (Lipinski definition) is 6. The van der Waals surface area contributed by atoms with Crippen LogP contribution < -0.4 is 4.90 Å². The lowest BCUT2D eigenvalue weighted by atomic mass is 10.0. The lowest BCUT2D eigenvalue weighted by molar-refractivity contribution is -0.137. The van der Waals surface area contributed by atoms with Crippen LogP contribution in [0.3, 0.4) is 0 Å². The highest BCUT2D eigenvalue weighted by Crippen LogP contribution is 2.32. The Morgan fingerprint density at radius 2 is 1.90 bits per heavy atom. The van der Waals surface area contributed by atoms with Crippen molar-refractivity contribution in [2.75, 3.05) is 19.0 Å². The van der Waals surface area contributed by atoms with Crippen LogP contribution >= 0.6 is 11.6 Å². The molecule has 0 unspecified atom stereocenters. The minimum absolute atomic E-state index is 0.0212. The maximum atomic E-state index is 12.9. The van der Waals surface area contributed by atoms with E-state index in [0.717, 1.165) is 10.4 Å². The number of aromatic nitrogens is 3. The molecular formula is C19H14ClF3N6O. The minimum Gasteiger partial charge on any atom is -0.410 e. The van der Waals surface area contributed by atoms with Crippen molar-refractivity contribution in [2.45, 2.75) is 6.18 Å². The van der Waals surface area contributed by atoms with Crippen LogP contribution in [0.2, 0.25) is 5.02 Å². The number of halogens is 4. The number of oxime groups is 1. The minimum atomic E-state index is -4.62. The van der Waals surface area contributed by atoms with Gasteiger partial charge in [0, 0.05) is 31.5 Å². The summed E-state index contributed by atoms with van der Waals surface area (Å²) < 4.78 is 39.8. The monoisotopic (exact) mass is 434 g/mol. The highest BCUT2D eigenvalue weighted by atomic mass is 35.5. The van der Waals surface area contributed by atoms with Crippen LogP contribution in [0, 0.1) is 11.3 Å². The van der Waals surface area contributed by atoms with Gasteiger partial charge in [0.1, 0.15) is 23.0 Å². The second-order valence-electron chi connectivity index (χ2n) is 6.35. The number of anilines is 1. The second kappa shape index (κ2) is 8.04. The van der Waals surface area contributed by atoms with Gasteiger partial charge in [-0.2, -0.15) is 23.5 Å². The Bertz CT molecular complexity index is 1150. The van der Waals surface area contributed by atoms with Crippen LogP contribution in [0.15, 0.2) is 47.9 Å². The molecule has 0 spiro atoms. The Morgan fingerprint density at radius 3 is 2.40 bits per heavy atom. The van der Waals surface area contributed by atoms with Crippen LogP contribution in [0.4, 0.5) is 18.9 Å². The zero-order valence-electron chi connectivity index (χ0n) is 15.7. The second-order valence-corrected chi connectivity index (χ2v) is 6.75. The van der Waals surface area contributed by atoms with Crippen molar-refractivity contribution in [3.05, 3.63) is 70.1 Å². The maximum absolute atomic E-state index is 12.9. The first-order valence-corrected chi connectivity index (χ1v) is 8.76. The van der Waals surface area contributed by atoms with Crippen molar-refractivity contribution < 1.29 is 18.4 Å². The summed E-state index contributed by atoms with van der Waals surface area (Å²) in [5.74, 6) is -0.146. The molecule has 0 bridgehead atoms. The molecule has 30 heavy (non-hydrogen) atoms. The van der Waals surface area contributed by atoms with Gasteiger partial charge in [0.2, 0.25) is 0 Å². The van der Waals surface area contributed by atoms with E-state index in [1.165, 1.54) is 6.20 Å². The number of alkyl halides is 3. The molecule has 154 valence electrons. The molecule has 0 amide bonds. The molecule has 2 heterocycles. The zero-order valence-corrected chi connectivity index (χ0v) is 16.4. The fourth-order valence-electron chi connectivity index (χ4n) is 2.72. The van der Waals surface area contributed by atoms with E-state index < -0.39 is 11.7 Å². The maximum Gasteiger partial charge on any atom is 0.417 e. The van der Waals surface area contributed by atoms with E-state index in [1.54, 1.807) is 24.3 Å². The molecule has 0 atom stereocenters. The van der Waals surface area contributed by atoms with Crippen LogP contribution in [-0.4, -0.2) is 39.8 Å². The van der Waals surface area contributed by atoms with E-state index in [1.807, 2.05) is 25.1 Å². The summed E-state index contributed by atoms with van der Waals surface area (Å²) in [6, 6.07) is 9.52. The van der Waals surface area contributed by atoms with Crippen molar-refractivity contribution in [2.24, 2.45) is 5.16 Å². The lowest BCUT2D eigenvalue weighted by Crippen LogP contribution is -2.15. The summed E-state index contributed by atoms with van der Waals surface area (Å²) in [5, 5.41) is 26.1. The Labute approximate surface area is 174 Å². The number of benzene rings is 1. The number of rotatable bonds is 4. The third-order valence-electron chi connectivity index (χ3n) is 4.22. The van der Waals surface area contributed by atoms with Gasteiger partial charge in [0.05, 0.1) is 16.8 Å². The summed E-state index contributed by atoms with van der Waals surface area (Å²) >= 11 is 6.03. The van der Waals surface area contributed by atoms with Gasteiger partial charge >= 0.3 is 6.18 Å². The average molecular weight is 435 g/mol. The zero-order chi connectivity index (χ0) is 22.1. The van der Waals surface area contributed by atoms with Crippen molar-refractivity contribution >= 4 is 23.0 Å². The van der Waals surface area contributed by atoms with Gasteiger partial charge in [-0.15, -0.1) is 0 Å². The molecule has 0 radical (unpaired) electrons. The van der Waals surface area contributed by atoms with Crippen LogP contribution in [0.25, 0.3) is 5.82 Å². The first-order chi connectivity index (χ1) is 14.2. The largest absolute Gasteiger partial charge is 0.417 e. The predicted molar refractivity (Wildman–Crippen MR) is 104 cm³/mol. The van der Waals surface area contributed by atoms with E-state index in [9.17, 15) is 23.6 Å². The van der Waals surface area contributed by atoms with E-state index >= 15 is 0 Å². The lowest BCUT2D eigenvalue weighted by Gasteiger charge is -2.14. The molecule has 3 aromatic rings. The Morgan fingerprint density at radius 1 is 1.23 bits per heavy atom. The van der Waals surface area contributed by atoms with Crippen LogP contribution in [0.1, 0.15) is 22.4 Å². The molecule has 0 aliphatic carbocycles. The molecule has 1 aromatic carbocycles. The third-order valence-corrected chi connectivity index (χ3v) is 4.50. The molecule has 0 aliphatic heterocycles. The molecule has 7 nitrogen and oxygen atoms in total. The number of nitrogens with zero attached hydrogens (tertiary/aromatic N) is 6. The quantitative estimate of drug-likeness (QED) is 0.379. The Hall–Kier alpha value is -3.58. The van der Waals surface area contributed by atoms with Crippen LogP contribution in [-0.2, 0) is 6.18 Å². The topological polar surface area (TPSA) is 90.3 Å². The van der Waals surface area contributed by atoms with Gasteiger partial charge < -0.3 is 10.1 Å². The molecule has 0 aliphatic rings. The normalized spacial score (nSPS) is 12.0. The Balaban J connectivity index is 2.15. The third kappa shape index (κ3) is 3.92. The highest BCUT2D eigenvalue weighted by Gasteiger charge is 2.32. The molecule has 0 saturated heterocycles. The molecule has 1 N–H and O–H groups in total. The van der Waals surface area contributed by atoms with Crippen molar-refractivity contribution in [1.29, 1.82) is 5.26 Å². The highest BCUT2D eigenvalue weighted by molar-refractivity contribution is 6.32. The van der Waals surface area contributed by atoms with E-state index in [4.69, 9.17) is 11.6 Å². The van der Waals surface area contributed by atoms with Gasteiger partial charge in [-0.1, -0.05) is 28.9 Å². The van der Waals surface area contributed by atoms with Gasteiger partial charge in [-0.25, -0.2) is 9.67 Å². The number of hydrogen-bond donors (Lipinski definition) is 1. The Kier molecular flexibility index (Phi) is 5.67. The smallest absolute Gasteiger partial charge is 0.410 e. The van der Waals surface area contributed by atoms with E-state index in [-0.39, 0.29) is 27.8 Å². The standard InChI is InChI=1S/C19H14ClF3N6O/c1-28(2)14-5-3-11(4-6-14)16(27-30)17-12(8-24)9-26-29(17)18-15(20)7-13(10-25-18)19(21,22)23/h3-7,9-10,30H,1-2H3/b27-16+. The van der Waals surface area contributed by atoms with Gasteiger partial charge in [0.25, 0.3) is 0 Å². The number of nitriles is 1. The molecular weight excluding hydrogens is 421 g/mol. The van der Waals surface area contributed by atoms with Crippen molar-refractivity contribution in [3.63, 3.8) is 0 Å². The number of pyridine rings is 1. The van der Waals surface area contributed by atoms with Gasteiger partial charge in [-0.05, 0) is 18.2 Å². The summed E-state index contributed by atoms with van der Waals surface area (Å²) in [6.45, 7) is 0. The SMILES string of the molecule is CN(C)c1ccc(/C(=N\O)c2c(C#N)cnn2-c2ncc(C(F)(F)F)cc2Cl)cc1. The molecule has 11 heteroatoms. The molecule has 3 rings (SSSR count). The summed E-state index contributed by atoms with van der Waals surface area (Å²) in [5.41, 5.74) is 0.346. The fourth-order valence-corrected chi connectivity index (χ4v) is 2.97. The fraction of sp³-hybridized carbons (Fsp3) is 0.158. The summed E-state index contributed by atoms with van der Waals surface area (Å²) in [4.78, 5) is 5.64. The summed E-state index contributed by atoms with van der Waals surface area (Å²) in [6.07, 6.45) is -2.82. The van der Waals surface area contributed by atoms with Crippen molar-refractivity contribution in [3.8, 4) is 11.9 Å². The van der Waals surface area contributed by atoms with Crippen LogP contribution in [0.5, 0.6) is 0 Å². The first kappa shape index (κ1) is 21.1. The summed E-state index contributed by atoms with van der Waals surface area (Å²) in [7, 11) is 3.72. The van der Waals surface area contributed by atoms with E-state index in [2.05, 4.69) is 15.2 Å². The van der Waals surface area contributed by atoms with Gasteiger partial charge in [-0.3, -0.25) is 0 Å². The molecule has 0 fully saturated rings. The first-order valence-electron chi connectivity index (χ1n) is 8.38. The molecule has 2 aromatic heterocycles. The van der Waals surface area contributed by atoms with Crippen molar-refractivity contribution in [1.82, 2.24) is 14.8 Å². The van der Waals surface area contributed by atoms with E-state index in [0.29, 0.717) is 17.8 Å². The predicted octanol–water partition coefficient (Wildman–Crippen LogP) is 4.10. The van der Waals surface area contributed by atoms with Gasteiger partial charge in [0.15, 0.2) is 5.82 Å². The average Bonchev–Trinajstić information content (AvgIpc) is 3.11.